The molecule has 0 aromatic carbocycles. The SMILES string of the molecule is COc1ccc2nccc(NC(=O)[C@@H]3CC[C@@H](NCc4nc5c(cc4C)SCC(=O)N5)[C@H](O)C3)c2n1. The molecule has 5 rings (SSSR count). The lowest BCUT2D eigenvalue weighted by molar-refractivity contribution is -0.122. The van der Waals surface area contributed by atoms with Gasteiger partial charge in [0.1, 0.15) is 11.3 Å². The number of aromatic nitrogens is 3. The van der Waals surface area contributed by atoms with Crippen molar-refractivity contribution >= 4 is 46.1 Å². The van der Waals surface area contributed by atoms with Crippen LogP contribution in [0, 0.1) is 12.8 Å². The number of aliphatic hydroxyl groups is 1. The number of rotatable bonds is 6. The van der Waals surface area contributed by atoms with Crippen molar-refractivity contribution in [3.8, 4) is 5.88 Å². The first-order valence-electron chi connectivity index (χ1n) is 11.9. The lowest BCUT2D eigenvalue weighted by Crippen LogP contribution is -2.46. The molecule has 0 unspecified atom stereocenters. The molecule has 1 saturated carbocycles. The summed E-state index contributed by atoms with van der Waals surface area (Å²) < 4.78 is 5.20. The number of ether oxygens (including phenoxy) is 1. The van der Waals surface area contributed by atoms with E-state index in [0.717, 1.165) is 16.2 Å². The topological polar surface area (TPSA) is 138 Å². The lowest BCUT2D eigenvalue weighted by Gasteiger charge is -2.33. The number of hydrogen-bond acceptors (Lipinski definition) is 9. The van der Waals surface area contributed by atoms with Gasteiger partial charge in [0.25, 0.3) is 0 Å². The molecule has 4 heterocycles. The molecule has 36 heavy (non-hydrogen) atoms. The van der Waals surface area contributed by atoms with Crippen molar-refractivity contribution in [2.45, 2.75) is 49.8 Å². The van der Waals surface area contributed by atoms with Crippen LogP contribution in [0.25, 0.3) is 11.0 Å². The van der Waals surface area contributed by atoms with Gasteiger partial charge in [-0.3, -0.25) is 14.6 Å². The van der Waals surface area contributed by atoms with Gasteiger partial charge in [0, 0.05) is 30.8 Å². The molecule has 2 amide bonds. The molecule has 11 heteroatoms. The maximum Gasteiger partial charge on any atom is 0.235 e. The van der Waals surface area contributed by atoms with Gasteiger partial charge in [-0.15, -0.1) is 11.8 Å². The largest absolute Gasteiger partial charge is 0.481 e. The summed E-state index contributed by atoms with van der Waals surface area (Å²) >= 11 is 1.49. The predicted octanol–water partition coefficient (Wildman–Crippen LogP) is 2.64. The first-order chi connectivity index (χ1) is 17.4. The van der Waals surface area contributed by atoms with Gasteiger partial charge in [0.05, 0.1) is 40.8 Å². The zero-order chi connectivity index (χ0) is 25.2. The molecule has 10 nitrogen and oxygen atoms in total. The Bertz CT molecular complexity index is 1320. The van der Waals surface area contributed by atoms with Gasteiger partial charge in [-0.1, -0.05) is 0 Å². The summed E-state index contributed by atoms with van der Waals surface area (Å²) in [7, 11) is 1.54. The van der Waals surface area contributed by atoms with Gasteiger partial charge in [-0.25, -0.2) is 9.97 Å². The summed E-state index contributed by atoms with van der Waals surface area (Å²) in [6, 6.07) is 7.12. The minimum Gasteiger partial charge on any atom is -0.481 e. The van der Waals surface area contributed by atoms with Crippen LogP contribution in [0.15, 0.2) is 35.4 Å². The minimum absolute atomic E-state index is 0.0514. The van der Waals surface area contributed by atoms with Crippen molar-refractivity contribution in [1.29, 1.82) is 0 Å². The van der Waals surface area contributed by atoms with E-state index in [1.54, 1.807) is 24.4 Å². The third kappa shape index (κ3) is 5.13. The molecular weight excluding hydrogens is 480 g/mol. The van der Waals surface area contributed by atoms with Gasteiger partial charge in [-0.2, -0.15) is 0 Å². The average molecular weight is 509 g/mol. The molecule has 2 aliphatic rings. The van der Waals surface area contributed by atoms with Gasteiger partial charge in [0.15, 0.2) is 0 Å². The number of thioether (sulfide) groups is 1. The Morgan fingerprint density at radius 1 is 1.28 bits per heavy atom. The lowest BCUT2D eigenvalue weighted by atomic mass is 9.83. The van der Waals surface area contributed by atoms with Crippen molar-refractivity contribution in [3.05, 3.63) is 41.7 Å². The summed E-state index contributed by atoms with van der Waals surface area (Å²) in [6.45, 7) is 2.46. The highest BCUT2D eigenvalue weighted by Gasteiger charge is 2.33. The molecule has 0 radical (unpaired) electrons. The number of aliphatic hydroxyl groups excluding tert-OH is 1. The second-order valence-electron chi connectivity index (χ2n) is 9.07. The van der Waals surface area contributed by atoms with E-state index in [4.69, 9.17) is 4.74 Å². The van der Waals surface area contributed by atoms with Crippen molar-refractivity contribution in [2.24, 2.45) is 5.92 Å². The highest BCUT2D eigenvalue weighted by Crippen LogP contribution is 2.32. The summed E-state index contributed by atoms with van der Waals surface area (Å²) in [5, 5.41) is 20.0. The van der Waals surface area contributed by atoms with Crippen LogP contribution in [0.1, 0.15) is 30.5 Å². The quantitative estimate of drug-likeness (QED) is 0.396. The van der Waals surface area contributed by atoms with Gasteiger partial charge < -0.3 is 25.8 Å². The summed E-state index contributed by atoms with van der Waals surface area (Å²) in [5.41, 5.74) is 3.64. The summed E-state index contributed by atoms with van der Waals surface area (Å²) in [4.78, 5) is 39.0. The zero-order valence-corrected chi connectivity index (χ0v) is 20.9. The number of carbonyl (C=O) groups excluding carboxylic acids is 2. The van der Waals surface area contributed by atoms with Crippen LogP contribution in [-0.4, -0.2) is 56.9 Å². The fraction of sp³-hybridized carbons (Fsp3) is 0.400. The Morgan fingerprint density at radius 3 is 2.94 bits per heavy atom. The summed E-state index contributed by atoms with van der Waals surface area (Å²) in [6.07, 6.45) is 2.60. The molecule has 0 bridgehead atoms. The predicted molar refractivity (Wildman–Crippen MR) is 137 cm³/mol. The number of fused-ring (bicyclic) bond motifs is 2. The molecule has 0 spiro atoms. The first kappa shape index (κ1) is 24.4. The Morgan fingerprint density at radius 2 is 2.14 bits per heavy atom. The number of nitrogens with zero attached hydrogens (tertiary/aromatic N) is 3. The molecule has 1 aliphatic carbocycles. The third-order valence-electron chi connectivity index (χ3n) is 6.64. The number of aryl methyl sites for hydroxylation is 1. The molecule has 1 fully saturated rings. The van der Waals surface area contributed by atoms with E-state index in [0.29, 0.717) is 60.0 Å². The van der Waals surface area contributed by atoms with Crippen LogP contribution in [-0.2, 0) is 16.1 Å². The van der Waals surface area contributed by atoms with E-state index in [9.17, 15) is 14.7 Å². The molecule has 3 aromatic rings. The molecule has 188 valence electrons. The highest BCUT2D eigenvalue weighted by atomic mass is 32.2. The highest BCUT2D eigenvalue weighted by molar-refractivity contribution is 8.00. The van der Waals surface area contributed by atoms with Gasteiger partial charge >= 0.3 is 0 Å². The van der Waals surface area contributed by atoms with E-state index < -0.39 is 6.10 Å². The second kappa shape index (κ2) is 10.4. The van der Waals surface area contributed by atoms with E-state index >= 15 is 0 Å². The number of carbonyl (C=O) groups is 2. The molecule has 3 atom stereocenters. The van der Waals surface area contributed by atoms with Crippen LogP contribution in [0.4, 0.5) is 11.5 Å². The van der Waals surface area contributed by atoms with E-state index in [1.165, 1.54) is 18.9 Å². The van der Waals surface area contributed by atoms with Gasteiger partial charge in [0.2, 0.25) is 17.7 Å². The Kier molecular flexibility index (Phi) is 7.04. The molecule has 4 N–H and O–H groups in total. The summed E-state index contributed by atoms with van der Waals surface area (Å²) in [5.74, 6) is 0.918. The first-order valence-corrected chi connectivity index (χ1v) is 12.8. The minimum atomic E-state index is -0.671. The van der Waals surface area contributed by atoms with Gasteiger partial charge in [-0.05, 0) is 49.9 Å². The van der Waals surface area contributed by atoms with Crippen molar-refractivity contribution in [3.63, 3.8) is 0 Å². The molecule has 0 saturated heterocycles. The molecular formula is C25H28N6O4S. The van der Waals surface area contributed by atoms with Crippen LogP contribution < -0.4 is 20.7 Å². The number of anilines is 2. The van der Waals surface area contributed by atoms with Crippen LogP contribution in [0.5, 0.6) is 5.88 Å². The number of hydrogen-bond donors (Lipinski definition) is 4. The van der Waals surface area contributed by atoms with Crippen LogP contribution in [0.2, 0.25) is 0 Å². The zero-order valence-electron chi connectivity index (χ0n) is 20.1. The smallest absolute Gasteiger partial charge is 0.235 e. The van der Waals surface area contributed by atoms with E-state index in [1.807, 2.05) is 13.0 Å². The van der Waals surface area contributed by atoms with Crippen molar-refractivity contribution in [1.82, 2.24) is 20.3 Å². The number of nitrogens with one attached hydrogen (secondary N) is 3. The van der Waals surface area contributed by atoms with E-state index in [-0.39, 0.29) is 23.8 Å². The van der Waals surface area contributed by atoms with Crippen molar-refractivity contribution in [2.75, 3.05) is 23.5 Å². The third-order valence-corrected chi connectivity index (χ3v) is 7.67. The number of pyridine rings is 3. The average Bonchev–Trinajstić information content (AvgIpc) is 2.88. The second-order valence-corrected chi connectivity index (χ2v) is 10.1. The van der Waals surface area contributed by atoms with Crippen LogP contribution >= 0.6 is 11.8 Å². The maximum absolute atomic E-state index is 13.0. The number of methoxy groups -OCH3 is 1. The normalized spacial score (nSPS) is 21.5. The molecule has 1 aliphatic heterocycles. The standard InChI is InChI=1S/C25H28N6O4S/c1-13-9-20-24(30-21(33)12-36-20)28-18(13)11-27-15-4-3-14(10-19(15)32)25(34)29-17-7-8-26-16-5-6-22(35-2)31-23(16)17/h5-9,14-15,19,27,32H,3-4,10-12H2,1-2H3,(H,26,29,34)(H,28,30,33)/t14-,15-,19-/m1/s1. The monoisotopic (exact) mass is 508 g/mol. The maximum atomic E-state index is 13.0. The Balaban J connectivity index is 1.20. The fourth-order valence-corrected chi connectivity index (χ4v) is 5.48. The molecule has 3 aromatic heterocycles. The van der Waals surface area contributed by atoms with E-state index in [2.05, 4.69) is 30.9 Å². The van der Waals surface area contributed by atoms with Crippen LogP contribution in [0.3, 0.4) is 0 Å². The Hall–Kier alpha value is -3.28. The Labute approximate surface area is 212 Å². The number of amides is 2. The van der Waals surface area contributed by atoms with Crippen molar-refractivity contribution < 1.29 is 19.4 Å². The fourth-order valence-electron chi connectivity index (χ4n) is 4.62.